The number of thiazole rings is 1. The zero-order chi connectivity index (χ0) is 31.7. The van der Waals surface area contributed by atoms with Crippen LogP contribution in [0.3, 0.4) is 0 Å². The number of allylic oxidation sites excluding steroid dienone is 5. The lowest BCUT2D eigenvalue weighted by Gasteiger charge is -2.19. The van der Waals surface area contributed by atoms with Gasteiger partial charge in [0.25, 0.3) is 0 Å². The Balaban J connectivity index is -0.000000806. The zero-order valence-corrected chi connectivity index (χ0v) is 25.8. The highest BCUT2D eigenvalue weighted by Gasteiger charge is 2.22. The number of aromatic nitrogens is 1. The average molecular weight is 581 g/mol. The standard InChI is InChI=1S/C15H22N4O6S.C7H10.C5H10.C2H6/c1-8(2)3-10(14(24)17-7-13(22)23)19-12(21)6-16-11(20)4-9-5-18-15(25)26-9;1-4-6-7(3)5-2;1-4-5(2)3;1-2/h5,8,10H,3-4,6-7H2,1-2H3,(H,16,20)(H,17,24)(H,18,25)(H,19,21)(H,22,23);4-6H,1-2H2,3H3;2,4H2,1,3H3;1-2H3/b;7-6-;;/t10-;;;/m0.../s1. The van der Waals surface area contributed by atoms with Gasteiger partial charge in [0, 0.05) is 11.1 Å². The van der Waals surface area contributed by atoms with Gasteiger partial charge in [-0.05, 0) is 32.6 Å². The van der Waals surface area contributed by atoms with E-state index in [0.717, 1.165) is 23.3 Å². The molecule has 3 amide bonds. The van der Waals surface area contributed by atoms with Gasteiger partial charge in [0.1, 0.15) is 12.6 Å². The highest BCUT2D eigenvalue weighted by atomic mass is 32.1. The molecule has 0 saturated heterocycles. The first kappa shape index (κ1) is 40.8. The van der Waals surface area contributed by atoms with Crippen LogP contribution in [0.15, 0.2) is 60.1 Å². The molecule has 0 aliphatic carbocycles. The second-order valence-corrected chi connectivity index (χ2v) is 9.72. The molecule has 226 valence electrons. The van der Waals surface area contributed by atoms with Crippen LogP contribution in [0.5, 0.6) is 0 Å². The van der Waals surface area contributed by atoms with Gasteiger partial charge in [-0.25, -0.2) is 0 Å². The summed E-state index contributed by atoms with van der Waals surface area (Å²) in [6.45, 7) is 23.7. The van der Waals surface area contributed by atoms with Crippen LogP contribution in [-0.4, -0.2) is 52.9 Å². The molecule has 1 aromatic heterocycles. The fraction of sp³-hybridized carbons (Fsp3) is 0.483. The number of carbonyl (C=O) groups is 4. The number of H-pyrrole nitrogens is 1. The van der Waals surface area contributed by atoms with Crippen molar-refractivity contribution >= 4 is 35.0 Å². The molecule has 0 aromatic carbocycles. The van der Waals surface area contributed by atoms with E-state index in [2.05, 4.69) is 47.6 Å². The summed E-state index contributed by atoms with van der Waals surface area (Å²) < 4.78 is 0. The summed E-state index contributed by atoms with van der Waals surface area (Å²) in [6.07, 6.45) is 8.28. The molecule has 1 aromatic rings. The van der Waals surface area contributed by atoms with E-state index in [1.165, 1.54) is 11.8 Å². The summed E-state index contributed by atoms with van der Waals surface area (Å²) in [7, 11) is 0. The molecule has 0 aliphatic rings. The summed E-state index contributed by atoms with van der Waals surface area (Å²) in [5.74, 6) is -2.71. The maximum Gasteiger partial charge on any atom is 0.322 e. The number of carboxylic acid groups (broad SMARTS) is 1. The Labute approximate surface area is 242 Å². The molecular formula is C29H48N4O6S. The SMILES string of the molecule is C=C(C)CC.C=C/C=C(/C)C=C.CC.CC(C)C[C@H](NC(=O)CNC(=O)Cc1c[nH]c(=O)s1)C(=O)NCC(=O)O. The summed E-state index contributed by atoms with van der Waals surface area (Å²) >= 11 is 0.906. The van der Waals surface area contributed by atoms with Gasteiger partial charge in [-0.15, -0.1) is 6.58 Å². The Morgan fingerprint density at radius 3 is 2.02 bits per heavy atom. The van der Waals surface area contributed by atoms with Crippen LogP contribution in [-0.2, 0) is 25.6 Å². The lowest BCUT2D eigenvalue weighted by Crippen LogP contribution is -2.50. The van der Waals surface area contributed by atoms with Crippen molar-refractivity contribution in [3.05, 3.63) is 69.9 Å². The third kappa shape index (κ3) is 25.9. The average Bonchev–Trinajstić information content (AvgIpc) is 3.31. The number of amides is 3. The first-order chi connectivity index (χ1) is 18.7. The molecular weight excluding hydrogens is 532 g/mol. The van der Waals surface area contributed by atoms with Gasteiger partial charge in [-0.2, -0.15) is 0 Å². The molecule has 0 saturated carbocycles. The van der Waals surface area contributed by atoms with Gasteiger partial charge in [0.05, 0.1) is 13.0 Å². The number of carboxylic acids is 1. The van der Waals surface area contributed by atoms with E-state index in [0.29, 0.717) is 11.3 Å². The third-order valence-electron chi connectivity index (χ3n) is 4.43. The van der Waals surface area contributed by atoms with Crippen LogP contribution in [0.4, 0.5) is 0 Å². The monoisotopic (exact) mass is 580 g/mol. The van der Waals surface area contributed by atoms with Gasteiger partial charge in [-0.3, -0.25) is 24.0 Å². The predicted octanol–water partition coefficient (Wildman–Crippen LogP) is 4.13. The number of aliphatic carboxylic acids is 1. The quantitative estimate of drug-likeness (QED) is 0.174. The van der Waals surface area contributed by atoms with Crippen molar-refractivity contribution in [2.45, 2.75) is 73.8 Å². The fourth-order valence-electron chi connectivity index (χ4n) is 2.29. The maximum atomic E-state index is 12.0. The van der Waals surface area contributed by atoms with Crippen molar-refractivity contribution < 1.29 is 24.3 Å². The Bertz CT molecular complexity index is 1020. The zero-order valence-electron chi connectivity index (χ0n) is 25.0. The summed E-state index contributed by atoms with van der Waals surface area (Å²) in [5.41, 5.74) is 2.40. The largest absolute Gasteiger partial charge is 0.480 e. The molecule has 0 unspecified atom stereocenters. The molecule has 0 fully saturated rings. The van der Waals surface area contributed by atoms with Crippen LogP contribution >= 0.6 is 11.3 Å². The molecule has 0 bridgehead atoms. The molecule has 0 spiro atoms. The van der Waals surface area contributed by atoms with Crippen LogP contribution in [0.25, 0.3) is 0 Å². The maximum absolute atomic E-state index is 12.0. The molecule has 0 radical (unpaired) electrons. The van der Waals surface area contributed by atoms with Crippen molar-refractivity contribution in [1.82, 2.24) is 20.9 Å². The molecule has 1 atom stereocenters. The Morgan fingerprint density at radius 1 is 1.07 bits per heavy atom. The molecule has 11 heteroatoms. The first-order valence-electron chi connectivity index (χ1n) is 13.0. The van der Waals surface area contributed by atoms with Crippen molar-refractivity contribution in [3.63, 3.8) is 0 Å². The minimum absolute atomic E-state index is 0.0365. The van der Waals surface area contributed by atoms with Crippen molar-refractivity contribution in [2.75, 3.05) is 13.1 Å². The first-order valence-corrected chi connectivity index (χ1v) is 13.9. The van der Waals surface area contributed by atoms with Gasteiger partial charge in [0.15, 0.2) is 0 Å². The lowest BCUT2D eigenvalue weighted by molar-refractivity contribution is -0.138. The number of aromatic amines is 1. The van der Waals surface area contributed by atoms with Gasteiger partial charge < -0.3 is 26.0 Å². The van der Waals surface area contributed by atoms with Crippen LogP contribution in [0.2, 0.25) is 0 Å². The van der Waals surface area contributed by atoms with Gasteiger partial charge in [-0.1, -0.05) is 88.5 Å². The smallest absolute Gasteiger partial charge is 0.322 e. The molecule has 5 N–H and O–H groups in total. The minimum atomic E-state index is -1.19. The number of nitrogens with one attached hydrogen (secondary N) is 4. The summed E-state index contributed by atoms with van der Waals surface area (Å²) in [4.78, 5) is 59.9. The molecule has 1 rings (SSSR count). The van der Waals surface area contributed by atoms with Gasteiger partial charge >= 0.3 is 10.8 Å². The van der Waals surface area contributed by atoms with E-state index in [4.69, 9.17) is 5.11 Å². The van der Waals surface area contributed by atoms with E-state index >= 15 is 0 Å². The topological polar surface area (TPSA) is 157 Å². The van der Waals surface area contributed by atoms with E-state index in [9.17, 15) is 24.0 Å². The van der Waals surface area contributed by atoms with Gasteiger partial charge in [0.2, 0.25) is 17.7 Å². The van der Waals surface area contributed by atoms with Crippen molar-refractivity contribution in [2.24, 2.45) is 5.92 Å². The predicted molar refractivity (Wildman–Crippen MR) is 164 cm³/mol. The summed E-state index contributed by atoms with van der Waals surface area (Å²) in [6, 6.07) is -0.895. The lowest BCUT2D eigenvalue weighted by atomic mass is 10.0. The molecule has 10 nitrogen and oxygen atoms in total. The molecule has 40 heavy (non-hydrogen) atoms. The van der Waals surface area contributed by atoms with Crippen molar-refractivity contribution in [1.29, 1.82) is 0 Å². The second kappa shape index (κ2) is 25.5. The number of rotatable bonds is 13. The van der Waals surface area contributed by atoms with E-state index in [-0.39, 0.29) is 23.8 Å². The Kier molecular flexibility index (Phi) is 26.0. The van der Waals surface area contributed by atoms with Crippen LogP contribution in [0, 0.1) is 5.92 Å². The highest BCUT2D eigenvalue weighted by molar-refractivity contribution is 7.09. The molecule has 1 heterocycles. The van der Waals surface area contributed by atoms with Crippen LogP contribution in [0.1, 0.15) is 66.2 Å². The Hall–Kier alpha value is -3.73. The fourth-order valence-corrected chi connectivity index (χ4v) is 2.97. The van der Waals surface area contributed by atoms with E-state index < -0.39 is 36.3 Å². The highest BCUT2D eigenvalue weighted by Crippen LogP contribution is 2.05. The van der Waals surface area contributed by atoms with E-state index in [1.54, 1.807) is 12.2 Å². The summed E-state index contributed by atoms with van der Waals surface area (Å²) in [5, 5.41) is 15.7. The Morgan fingerprint density at radius 2 is 1.65 bits per heavy atom. The van der Waals surface area contributed by atoms with E-state index in [1.807, 2.05) is 47.6 Å². The normalized spacial score (nSPS) is 10.6. The molecule has 0 aliphatic heterocycles. The van der Waals surface area contributed by atoms with Crippen LogP contribution < -0.4 is 20.8 Å². The third-order valence-corrected chi connectivity index (χ3v) is 5.26. The number of carbonyl (C=O) groups excluding carboxylic acids is 3. The second-order valence-electron chi connectivity index (χ2n) is 8.62. The number of hydrogen-bond acceptors (Lipinski definition) is 6. The minimum Gasteiger partial charge on any atom is -0.480 e. The number of hydrogen-bond donors (Lipinski definition) is 5. The van der Waals surface area contributed by atoms with Crippen molar-refractivity contribution in [3.8, 4) is 0 Å².